The molecule has 0 aromatic carbocycles. The Morgan fingerprint density at radius 2 is 1.13 bits per heavy atom. The third-order valence-electron chi connectivity index (χ3n) is 7.06. The number of hydrogen-bond acceptors (Lipinski definition) is 9. The fourth-order valence-corrected chi connectivity index (χ4v) is 5.13. The smallest absolute Gasteiger partial charge is 0.462 e. The van der Waals surface area contributed by atoms with E-state index in [0.717, 1.165) is 83.5 Å². The molecule has 0 aromatic rings. The molecule has 0 heterocycles. The maximum Gasteiger partial charge on any atom is 0.472 e. The molecule has 45 heavy (non-hydrogen) atoms. The molecule has 10 nitrogen and oxygen atoms in total. The number of phosphoric ester groups is 1. The lowest BCUT2D eigenvalue weighted by Crippen LogP contribution is -2.29. The van der Waals surface area contributed by atoms with E-state index in [4.69, 9.17) is 19.1 Å². The second kappa shape index (κ2) is 31.1. The second-order valence-corrected chi connectivity index (χ2v) is 13.0. The minimum absolute atomic E-state index is 0.173. The molecule has 3 atom stereocenters. The topological polar surface area (TPSA) is 149 Å². The highest BCUT2D eigenvalue weighted by Crippen LogP contribution is 2.43. The summed E-state index contributed by atoms with van der Waals surface area (Å²) < 4.78 is 32.4. The van der Waals surface area contributed by atoms with Crippen LogP contribution < -0.4 is 0 Å². The molecule has 0 amide bonds. The fourth-order valence-electron chi connectivity index (χ4n) is 4.34. The van der Waals surface area contributed by atoms with Gasteiger partial charge in [-0.15, -0.1) is 0 Å². The summed E-state index contributed by atoms with van der Waals surface area (Å²) in [5.74, 6) is -0.951. The van der Waals surface area contributed by atoms with Crippen LogP contribution in [0.4, 0.5) is 0 Å². The minimum Gasteiger partial charge on any atom is -0.462 e. The van der Waals surface area contributed by atoms with Gasteiger partial charge in [0.2, 0.25) is 0 Å². The van der Waals surface area contributed by atoms with E-state index >= 15 is 0 Å². The summed E-state index contributed by atoms with van der Waals surface area (Å²) in [6.07, 6.45) is 25.9. The van der Waals surface area contributed by atoms with Crippen molar-refractivity contribution in [2.75, 3.05) is 26.4 Å². The molecule has 264 valence electrons. The number of phosphoric acid groups is 1. The first-order valence-corrected chi connectivity index (χ1v) is 18.8. The van der Waals surface area contributed by atoms with E-state index in [1.807, 2.05) is 0 Å². The Hall–Kier alpha value is -1.55. The summed E-state index contributed by atoms with van der Waals surface area (Å²) >= 11 is 0. The van der Waals surface area contributed by atoms with Crippen LogP contribution in [-0.4, -0.2) is 65.7 Å². The van der Waals surface area contributed by atoms with Crippen molar-refractivity contribution in [2.45, 2.75) is 154 Å². The van der Waals surface area contributed by atoms with Gasteiger partial charge in [0.1, 0.15) is 12.7 Å². The summed E-state index contributed by atoms with van der Waals surface area (Å²) in [5, 5.41) is 18.2. The van der Waals surface area contributed by atoms with Crippen molar-refractivity contribution < 1.29 is 47.8 Å². The molecular weight excluding hydrogens is 599 g/mol. The Labute approximate surface area is 272 Å². The molecule has 0 aromatic heterocycles. The van der Waals surface area contributed by atoms with Crippen molar-refractivity contribution in [1.29, 1.82) is 0 Å². The van der Waals surface area contributed by atoms with Crippen LogP contribution >= 0.6 is 7.82 Å². The number of esters is 2. The standard InChI is InChI=1S/C34H63O10P/c1-3-5-7-9-11-13-15-16-18-20-22-24-26-34(38)44-32(30-43-45(39,40)42-28-31(36)27-35)29-41-33(37)25-23-21-19-17-14-12-10-8-6-4-2/h8,10-11,13,31-32,35-36H,3-7,9,12,14-30H2,1-2H3,(H,39,40)/b10-8-,13-11-. The van der Waals surface area contributed by atoms with Gasteiger partial charge in [0, 0.05) is 12.8 Å². The normalized spacial score (nSPS) is 14.5. The van der Waals surface area contributed by atoms with E-state index in [-0.39, 0.29) is 19.4 Å². The summed E-state index contributed by atoms with van der Waals surface area (Å²) in [6.45, 7) is 2.24. The zero-order chi connectivity index (χ0) is 33.4. The van der Waals surface area contributed by atoms with Crippen molar-refractivity contribution in [2.24, 2.45) is 0 Å². The van der Waals surface area contributed by atoms with Crippen molar-refractivity contribution in [3.63, 3.8) is 0 Å². The number of carbonyl (C=O) groups excluding carboxylic acids is 2. The van der Waals surface area contributed by atoms with Gasteiger partial charge in [0.05, 0.1) is 19.8 Å². The third kappa shape index (κ3) is 30.8. The predicted octanol–water partition coefficient (Wildman–Crippen LogP) is 7.88. The van der Waals surface area contributed by atoms with Crippen LogP contribution in [0.1, 0.15) is 142 Å². The average molecular weight is 663 g/mol. The molecule has 0 spiro atoms. The van der Waals surface area contributed by atoms with Gasteiger partial charge in [-0.25, -0.2) is 4.57 Å². The molecule has 3 unspecified atom stereocenters. The number of aliphatic hydroxyl groups is 2. The highest BCUT2D eigenvalue weighted by Gasteiger charge is 2.27. The van der Waals surface area contributed by atoms with Crippen LogP contribution in [0.15, 0.2) is 24.3 Å². The monoisotopic (exact) mass is 662 g/mol. The highest BCUT2D eigenvalue weighted by atomic mass is 31.2. The van der Waals surface area contributed by atoms with Crippen LogP contribution in [0.3, 0.4) is 0 Å². The molecule has 0 aliphatic heterocycles. The van der Waals surface area contributed by atoms with Gasteiger partial charge < -0.3 is 24.6 Å². The number of unbranched alkanes of at least 4 members (excludes halogenated alkanes) is 14. The SMILES string of the molecule is CCC/C=C\CCCCCCCC(=O)OCC(COP(=O)(O)OCC(O)CO)OC(=O)CCCCCCC/C=C\CCCCC. The number of rotatable bonds is 32. The van der Waals surface area contributed by atoms with Crippen LogP contribution in [0.2, 0.25) is 0 Å². The van der Waals surface area contributed by atoms with Crippen LogP contribution in [-0.2, 0) is 32.7 Å². The Morgan fingerprint density at radius 1 is 0.644 bits per heavy atom. The van der Waals surface area contributed by atoms with Crippen molar-refractivity contribution in [3.8, 4) is 0 Å². The Kier molecular flexibility index (Phi) is 30.0. The molecule has 0 saturated heterocycles. The van der Waals surface area contributed by atoms with Gasteiger partial charge in [-0.2, -0.15) is 0 Å². The van der Waals surface area contributed by atoms with Crippen molar-refractivity contribution >= 4 is 19.8 Å². The maximum absolute atomic E-state index is 12.5. The first-order valence-electron chi connectivity index (χ1n) is 17.3. The van der Waals surface area contributed by atoms with Gasteiger partial charge >= 0.3 is 19.8 Å². The molecule has 0 bridgehead atoms. The molecule has 0 radical (unpaired) electrons. The van der Waals surface area contributed by atoms with Gasteiger partial charge in [-0.05, 0) is 57.8 Å². The van der Waals surface area contributed by atoms with E-state index in [1.54, 1.807) is 0 Å². The van der Waals surface area contributed by atoms with Gasteiger partial charge in [-0.1, -0.05) is 95.9 Å². The van der Waals surface area contributed by atoms with Crippen molar-refractivity contribution in [1.82, 2.24) is 0 Å². The molecular formula is C34H63O10P. The van der Waals surface area contributed by atoms with Crippen LogP contribution in [0, 0.1) is 0 Å². The second-order valence-electron chi connectivity index (χ2n) is 11.5. The number of carbonyl (C=O) groups is 2. The molecule has 0 rings (SSSR count). The molecule has 0 fully saturated rings. The van der Waals surface area contributed by atoms with Crippen LogP contribution in [0.5, 0.6) is 0 Å². The van der Waals surface area contributed by atoms with Gasteiger partial charge in [-0.3, -0.25) is 18.6 Å². The minimum atomic E-state index is -4.61. The zero-order valence-electron chi connectivity index (χ0n) is 28.1. The summed E-state index contributed by atoms with van der Waals surface area (Å²) in [7, 11) is -4.61. The lowest BCUT2D eigenvalue weighted by Gasteiger charge is -2.20. The Bertz CT molecular complexity index is 817. The first-order chi connectivity index (χ1) is 21.7. The highest BCUT2D eigenvalue weighted by molar-refractivity contribution is 7.47. The molecule has 0 aliphatic rings. The maximum atomic E-state index is 12.5. The van der Waals surface area contributed by atoms with Gasteiger partial charge in [0.25, 0.3) is 0 Å². The quantitative estimate of drug-likeness (QED) is 0.0281. The molecule has 3 N–H and O–H groups in total. The largest absolute Gasteiger partial charge is 0.472 e. The molecule has 11 heteroatoms. The zero-order valence-corrected chi connectivity index (χ0v) is 29.0. The predicted molar refractivity (Wildman–Crippen MR) is 178 cm³/mol. The number of aliphatic hydroxyl groups excluding tert-OH is 2. The summed E-state index contributed by atoms with van der Waals surface area (Å²) in [5.41, 5.74) is 0. The average Bonchev–Trinajstić information content (AvgIpc) is 3.02. The molecule has 0 aliphatic carbocycles. The van der Waals surface area contributed by atoms with E-state index in [2.05, 4.69) is 42.7 Å². The van der Waals surface area contributed by atoms with Gasteiger partial charge in [0.15, 0.2) is 6.10 Å². The third-order valence-corrected chi connectivity index (χ3v) is 8.01. The van der Waals surface area contributed by atoms with Crippen molar-refractivity contribution in [3.05, 3.63) is 24.3 Å². The Morgan fingerprint density at radius 3 is 1.69 bits per heavy atom. The van der Waals surface area contributed by atoms with E-state index < -0.39 is 51.8 Å². The number of ether oxygens (including phenoxy) is 2. The summed E-state index contributed by atoms with van der Waals surface area (Å²) in [4.78, 5) is 34.6. The number of allylic oxidation sites excluding steroid dienone is 4. The van der Waals surface area contributed by atoms with E-state index in [1.165, 1.54) is 19.3 Å². The summed E-state index contributed by atoms with van der Waals surface area (Å²) in [6, 6.07) is 0. The lowest BCUT2D eigenvalue weighted by atomic mass is 10.1. The van der Waals surface area contributed by atoms with E-state index in [0.29, 0.717) is 12.8 Å². The fraction of sp³-hybridized carbons (Fsp3) is 0.824. The van der Waals surface area contributed by atoms with E-state index in [9.17, 15) is 24.2 Å². The molecule has 0 saturated carbocycles. The first kappa shape index (κ1) is 43.5. The van der Waals surface area contributed by atoms with Crippen LogP contribution in [0.25, 0.3) is 0 Å². The number of hydrogen-bond donors (Lipinski definition) is 3. The Balaban J connectivity index is 4.45. The lowest BCUT2D eigenvalue weighted by molar-refractivity contribution is -0.161.